The summed E-state index contributed by atoms with van der Waals surface area (Å²) in [5.41, 5.74) is 5.97. The number of halogens is 1. The standard InChI is InChI=1S/C14H20ClNO2/c1-13(2)8-12(14(3,4)18-13)17-11-6-5-9(15)7-10(11)16/h5-7,12H,8,16H2,1-4H3. The summed E-state index contributed by atoms with van der Waals surface area (Å²) < 4.78 is 12.0. The second-order valence-electron chi connectivity index (χ2n) is 5.96. The van der Waals surface area contributed by atoms with Crippen LogP contribution in [0.25, 0.3) is 0 Å². The quantitative estimate of drug-likeness (QED) is 0.834. The van der Waals surface area contributed by atoms with Crippen LogP contribution in [0.3, 0.4) is 0 Å². The molecule has 1 atom stereocenters. The van der Waals surface area contributed by atoms with E-state index in [4.69, 9.17) is 26.8 Å². The molecule has 1 aromatic carbocycles. The Bertz CT molecular complexity index is 457. The normalized spacial score (nSPS) is 25.1. The summed E-state index contributed by atoms with van der Waals surface area (Å²) in [6.45, 7) is 8.23. The van der Waals surface area contributed by atoms with Crippen LogP contribution in [0.5, 0.6) is 5.75 Å². The van der Waals surface area contributed by atoms with E-state index in [2.05, 4.69) is 13.8 Å². The molecule has 1 heterocycles. The fourth-order valence-electron chi connectivity index (χ4n) is 2.48. The van der Waals surface area contributed by atoms with Gasteiger partial charge in [0.25, 0.3) is 0 Å². The highest BCUT2D eigenvalue weighted by Gasteiger charge is 2.47. The van der Waals surface area contributed by atoms with Gasteiger partial charge < -0.3 is 15.2 Å². The van der Waals surface area contributed by atoms with E-state index in [-0.39, 0.29) is 17.3 Å². The molecule has 1 saturated heterocycles. The van der Waals surface area contributed by atoms with Crippen molar-refractivity contribution in [3.8, 4) is 5.75 Å². The lowest BCUT2D eigenvalue weighted by molar-refractivity contribution is -0.0845. The van der Waals surface area contributed by atoms with Crippen molar-refractivity contribution < 1.29 is 9.47 Å². The van der Waals surface area contributed by atoms with Gasteiger partial charge in [-0.1, -0.05) is 11.6 Å². The van der Waals surface area contributed by atoms with Crippen LogP contribution in [0.2, 0.25) is 5.02 Å². The zero-order valence-corrected chi connectivity index (χ0v) is 12.0. The molecule has 0 bridgehead atoms. The molecule has 1 unspecified atom stereocenters. The van der Waals surface area contributed by atoms with Gasteiger partial charge in [-0.15, -0.1) is 0 Å². The first-order valence-corrected chi connectivity index (χ1v) is 6.49. The number of nitrogens with two attached hydrogens (primary N) is 1. The zero-order valence-electron chi connectivity index (χ0n) is 11.3. The van der Waals surface area contributed by atoms with Gasteiger partial charge in [0.15, 0.2) is 0 Å². The van der Waals surface area contributed by atoms with E-state index < -0.39 is 0 Å². The molecule has 2 N–H and O–H groups in total. The Morgan fingerprint density at radius 1 is 1.33 bits per heavy atom. The van der Waals surface area contributed by atoms with E-state index in [9.17, 15) is 0 Å². The zero-order chi connectivity index (χ0) is 13.6. The molecule has 0 radical (unpaired) electrons. The monoisotopic (exact) mass is 269 g/mol. The van der Waals surface area contributed by atoms with Gasteiger partial charge in [0.2, 0.25) is 0 Å². The van der Waals surface area contributed by atoms with Gasteiger partial charge >= 0.3 is 0 Å². The summed E-state index contributed by atoms with van der Waals surface area (Å²) in [6.07, 6.45) is 0.818. The summed E-state index contributed by atoms with van der Waals surface area (Å²) in [7, 11) is 0. The number of rotatable bonds is 2. The van der Waals surface area contributed by atoms with Crippen molar-refractivity contribution in [2.24, 2.45) is 0 Å². The van der Waals surface area contributed by atoms with E-state index in [1.807, 2.05) is 13.8 Å². The molecule has 1 aliphatic heterocycles. The maximum atomic E-state index is 6.00. The Kier molecular flexibility index (Phi) is 3.24. The maximum Gasteiger partial charge on any atom is 0.142 e. The van der Waals surface area contributed by atoms with Crippen LogP contribution < -0.4 is 10.5 Å². The van der Waals surface area contributed by atoms with Gasteiger partial charge in [0, 0.05) is 11.4 Å². The van der Waals surface area contributed by atoms with Crippen molar-refractivity contribution in [2.45, 2.75) is 51.4 Å². The number of benzene rings is 1. The Hall–Kier alpha value is -0.930. The molecule has 3 nitrogen and oxygen atoms in total. The third-order valence-electron chi connectivity index (χ3n) is 3.23. The highest BCUT2D eigenvalue weighted by Crippen LogP contribution is 2.40. The van der Waals surface area contributed by atoms with Crippen LogP contribution in [-0.4, -0.2) is 17.3 Å². The van der Waals surface area contributed by atoms with Crippen LogP contribution in [0.4, 0.5) is 5.69 Å². The lowest BCUT2D eigenvalue weighted by atomic mass is 9.97. The van der Waals surface area contributed by atoms with E-state index in [1.165, 1.54) is 0 Å². The third kappa shape index (κ3) is 2.73. The first-order chi connectivity index (χ1) is 8.20. The lowest BCUT2D eigenvalue weighted by Gasteiger charge is -2.27. The molecular formula is C14H20ClNO2. The third-order valence-corrected chi connectivity index (χ3v) is 3.47. The van der Waals surface area contributed by atoms with Crippen molar-refractivity contribution in [1.82, 2.24) is 0 Å². The topological polar surface area (TPSA) is 44.5 Å². The van der Waals surface area contributed by atoms with Crippen molar-refractivity contribution in [3.05, 3.63) is 23.2 Å². The SMILES string of the molecule is CC1(C)CC(Oc2ccc(Cl)cc2N)C(C)(C)O1. The molecule has 0 aliphatic carbocycles. The fraction of sp³-hybridized carbons (Fsp3) is 0.571. The van der Waals surface area contributed by atoms with Crippen molar-refractivity contribution >= 4 is 17.3 Å². The average Bonchev–Trinajstić information content (AvgIpc) is 2.39. The molecular weight excluding hydrogens is 250 g/mol. The number of anilines is 1. The molecule has 1 fully saturated rings. The van der Waals surface area contributed by atoms with Crippen LogP contribution >= 0.6 is 11.6 Å². The van der Waals surface area contributed by atoms with Gasteiger partial charge in [-0.2, -0.15) is 0 Å². The minimum Gasteiger partial charge on any atom is -0.485 e. The predicted molar refractivity (Wildman–Crippen MR) is 74.1 cm³/mol. The Labute approximate surface area is 113 Å². The minimum atomic E-state index is -0.324. The highest BCUT2D eigenvalue weighted by molar-refractivity contribution is 6.30. The molecule has 4 heteroatoms. The Morgan fingerprint density at radius 3 is 2.50 bits per heavy atom. The van der Waals surface area contributed by atoms with Gasteiger partial charge in [0.05, 0.1) is 11.3 Å². The molecule has 100 valence electrons. The minimum absolute atomic E-state index is 0.0176. The Morgan fingerprint density at radius 2 is 2.00 bits per heavy atom. The van der Waals surface area contributed by atoms with Gasteiger partial charge in [0.1, 0.15) is 17.5 Å². The second-order valence-corrected chi connectivity index (χ2v) is 6.39. The summed E-state index contributed by atoms with van der Waals surface area (Å²) in [4.78, 5) is 0. The second kappa shape index (κ2) is 4.32. The summed E-state index contributed by atoms with van der Waals surface area (Å²) >= 11 is 5.87. The first-order valence-electron chi connectivity index (χ1n) is 6.11. The number of hydrogen-bond acceptors (Lipinski definition) is 3. The lowest BCUT2D eigenvalue weighted by Crippen LogP contribution is -2.36. The van der Waals surface area contributed by atoms with Gasteiger partial charge in [-0.3, -0.25) is 0 Å². The first kappa shape index (κ1) is 13.5. The summed E-state index contributed by atoms with van der Waals surface area (Å²) in [6, 6.07) is 5.28. The van der Waals surface area contributed by atoms with E-state index in [1.54, 1.807) is 18.2 Å². The predicted octanol–water partition coefficient (Wildman–Crippen LogP) is 3.65. The van der Waals surface area contributed by atoms with E-state index in [0.29, 0.717) is 16.5 Å². The van der Waals surface area contributed by atoms with Gasteiger partial charge in [-0.25, -0.2) is 0 Å². The maximum absolute atomic E-state index is 6.00. The van der Waals surface area contributed by atoms with Crippen molar-refractivity contribution in [3.63, 3.8) is 0 Å². The molecule has 0 aromatic heterocycles. The largest absolute Gasteiger partial charge is 0.485 e. The Balaban J connectivity index is 2.19. The van der Waals surface area contributed by atoms with Crippen LogP contribution in [-0.2, 0) is 4.74 Å². The fourth-order valence-corrected chi connectivity index (χ4v) is 2.66. The average molecular weight is 270 g/mol. The number of hydrogen-bond donors (Lipinski definition) is 1. The van der Waals surface area contributed by atoms with E-state index in [0.717, 1.165) is 6.42 Å². The summed E-state index contributed by atoms with van der Waals surface area (Å²) in [5, 5.41) is 0.613. The van der Waals surface area contributed by atoms with Gasteiger partial charge in [-0.05, 0) is 45.9 Å². The number of ether oxygens (including phenoxy) is 2. The van der Waals surface area contributed by atoms with Crippen LogP contribution in [0.15, 0.2) is 18.2 Å². The van der Waals surface area contributed by atoms with Crippen molar-refractivity contribution in [1.29, 1.82) is 0 Å². The molecule has 0 spiro atoms. The van der Waals surface area contributed by atoms with Crippen molar-refractivity contribution in [2.75, 3.05) is 5.73 Å². The molecule has 0 amide bonds. The van der Waals surface area contributed by atoms with Crippen LogP contribution in [0, 0.1) is 0 Å². The molecule has 1 aromatic rings. The molecule has 1 aliphatic rings. The smallest absolute Gasteiger partial charge is 0.142 e. The molecule has 0 saturated carbocycles. The molecule has 18 heavy (non-hydrogen) atoms. The number of nitrogen functional groups attached to an aromatic ring is 1. The van der Waals surface area contributed by atoms with Crippen LogP contribution in [0.1, 0.15) is 34.1 Å². The van der Waals surface area contributed by atoms with E-state index >= 15 is 0 Å². The highest BCUT2D eigenvalue weighted by atomic mass is 35.5. The summed E-state index contributed by atoms with van der Waals surface area (Å²) in [5.74, 6) is 0.666. The molecule has 2 rings (SSSR count).